The Hall–Kier alpha value is -2.70. The van der Waals surface area contributed by atoms with E-state index < -0.39 is 0 Å². The van der Waals surface area contributed by atoms with E-state index in [-0.39, 0.29) is 24.2 Å². The van der Waals surface area contributed by atoms with Crippen LogP contribution in [0.5, 0.6) is 0 Å². The highest BCUT2D eigenvalue weighted by Crippen LogP contribution is 2.39. The van der Waals surface area contributed by atoms with Gasteiger partial charge in [-0.25, -0.2) is 4.39 Å². The van der Waals surface area contributed by atoms with Gasteiger partial charge in [0.15, 0.2) is 0 Å². The second kappa shape index (κ2) is 8.76. The van der Waals surface area contributed by atoms with E-state index >= 15 is 0 Å². The van der Waals surface area contributed by atoms with Gasteiger partial charge in [0.05, 0.1) is 0 Å². The fraction of sp³-hybridized carbons (Fsp3) is 0.500. The van der Waals surface area contributed by atoms with E-state index in [1.54, 1.807) is 18.2 Å². The number of piperidine rings is 1. The molecule has 0 radical (unpaired) electrons. The summed E-state index contributed by atoms with van der Waals surface area (Å²) in [4.78, 5) is 26.8. The minimum absolute atomic E-state index is 0.0261. The molecule has 154 valence electrons. The number of rotatable bonds is 7. The molecule has 1 aromatic heterocycles. The quantitative estimate of drug-likeness (QED) is 0.751. The van der Waals surface area contributed by atoms with Crippen molar-refractivity contribution in [1.82, 2.24) is 20.4 Å². The minimum Gasteiger partial charge on any atom is -0.352 e. The number of benzene rings is 1. The molecule has 4 rings (SSSR count). The summed E-state index contributed by atoms with van der Waals surface area (Å²) < 4.78 is 13.6. The summed E-state index contributed by atoms with van der Waals surface area (Å²) in [5.41, 5.74) is 2.04. The van der Waals surface area contributed by atoms with Gasteiger partial charge in [-0.15, -0.1) is 0 Å². The number of amides is 2. The van der Waals surface area contributed by atoms with Crippen LogP contribution in [0.2, 0.25) is 0 Å². The summed E-state index contributed by atoms with van der Waals surface area (Å²) in [6, 6.07) is 8.34. The van der Waals surface area contributed by atoms with Crippen molar-refractivity contribution in [2.24, 2.45) is 5.92 Å². The number of hydrogen-bond acceptors (Lipinski definition) is 3. The molecule has 1 aliphatic carbocycles. The van der Waals surface area contributed by atoms with Gasteiger partial charge in [0.25, 0.3) is 5.91 Å². The number of carbonyl (C=O) groups excluding carboxylic acids is 2. The first-order valence-electron chi connectivity index (χ1n) is 10.4. The molecule has 6 nitrogen and oxygen atoms in total. The Morgan fingerprint density at radius 3 is 2.86 bits per heavy atom. The van der Waals surface area contributed by atoms with Gasteiger partial charge >= 0.3 is 0 Å². The lowest BCUT2D eigenvalue weighted by atomic mass is 9.93. The van der Waals surface area contributed by atoms with Crippen molar-refractivity contribution < 1.29 is 14.0 Å². The maximum atomic E-state index is 13.6. The van der Waals surface area contributed by atoms with E-state index in [2.05, 4.69) is 15.5 Å². The molecule has 1 aromatic carbocycles. The smallest absolute Gasteiger partial charge is 0.274 e. The third-order valence-corrected chi connectivity index (χ3v) is 5.85. The number of likely N-dealkylation sites (tertiary alicyclic amines) is 1. The molecule has 7 heteroatoms. The van der Waals surface area contributed by atoms with Gasteiger partial charge in [0.1, 0.15) is 11.5 Å². The van der Waals surface area contributed by atoms with Crippen LogP contribution >= 0.6 is 0 Å². The second-order valence-electron chi connectivity index (χ2n) is 8.15. The van der Waals surface area contributed by atoms with Crippen LogP contribution in [-0.2, 0) is 11.3 Å². The number of aromatic nitrogens is 2. The van der Waals surface area contributed by atoms with Crippen LogP contribution in [0.3, 0.4) is 0 Å². The van der Waals surface area contributed by atoms with E-state index in [1.807, 2.05) is 11.0 Å². The normalized spacial score (nSPS) is 19.2. The molecule has 0 bridgehead atoms. The molecular formula is C22H27FN4O2. The average molecular weight is 398 g/mol. The second-order valence-corrected chi connectivity index (χ2v) is 8.15. The Kier molecular flexibility index (Phi) is 5.92. The lowest BCUT2D eigenvalue weighted by Gasteiger charge is -2.32. The number of nitrogens with one attached hydrogen (secondary N) is 2. The summed E-state index contributed by atoms with van der Waals surface area (Å²) in [7, 11) is 0. The molecule has 2 N–H and O–H groups in total. The van der Waals surface area contributed by atoms with E-state index in [4.69, 9.17) is 0 Å². The molecule has 2 aromatic rings. The van der Waals surface area contributed by atoms with Crippen LogP contribution in [0.1, 0.15) is 66.2 Å². The van der Waals surface area contributed by atoms with Gasteiger partial charge in [-0.1, -0.05) is 18.2 Å². The van der Waals surface area contributed by atoms with Crippen LogP contribution in [0.4, 0.5) is 4.39 Å². The summed E-state index contributed by atoms with van der Waals surface area (Å²) >= 11 is 0. The van der Waals surface area contributed by atoms with Crippen LogP contribution < -0.4 is 5.32 Å². The molecule has 2 aliphatic rings. The van der Waals surface area contributed by atoms with Crippen LogP contribution in [-0.4, -0.2) is 40.0 Å². The van der Waals surface area contributed by atoms with E-state index in [1.165, 1.54) is 18.9 Å². The highest BCUT2D eigenvalue weighted by atomic mass is 19.1. The third kappa shape index (κ3) is 5.02. The monoisotopic (exact) mass is 398 g/mol. The van der Waals surface area contributed by atoms with Crippen molar-refractivity contribution in [3.8, 4) is 0 Å². The first kappa shape index (κ1) is 19.6. The maximum Gasteiger partial charge on any atom is 0.274 e. The number of hydrogen-bond donors (Lipinski definition) is 2. The lowest BCUT2D eigenvalue weighted by molar-refractivity contribution is -0.121. The molecule has 1 atom stereocenters. The van der Waals surface area contributed by atoms with Crippen LogP contribution in [0.25, 0.3) is 0 Å². The van der Waals surface area contributed by atoms with E-state index in [0.717, 1.165) is 31.5 Å². The standard InChI is InChI=1S/C22H27FN4O2/c23-18-6-2-1-5-17(18)13-24-21(28)10-7-15-4-3-11-27(14-15)22(29)20-12-19(25-26-20)16-8-9-16/h1-2,5-6,12,15-16H,3-4,7-11,13-14H2,(H,24,28)(H,25,26)/t15-/m1/s1. The fourth-order valence-electron chi connectivity index (χ4n) is 3.96. The summed E-state index contributed by atoms with van der Waals surface area (Å²) in [5, 5.41) is 9.98. The van der Waals surface area contributed by atoms with Gasteiger partial charge in [-0.3, -0.25) is 14.7 Å². The summed E-state index contributed by atoms with van der Waals surface area (Å²) in [6.07, 6.45) is 5.39. The number of carbonyl (C=O) groups is 2. The molecule has 2 heterocycles. The van der Waals surface area contributed by atoms with Gasteiger partial charge in [-0.05, 0) is 50.2 Å². The van der Waals surface area contributed by atoms with Crippen molar-refractivity contribution in [2.45, 2.75) is 51.0 Å². The minimum atomic E-state index is -0.308. The molecule has 1 saturated heterocycles. The zero-order chi connectivity index (χ0) is 20.2. The zero-order valence-electron chi connectivity index (χ0n) is 16.5. The van der Waals surface area contributed by atoms with Gasteiger partial charge < -0.3 is 10.2 Å². The van der Waals surface area contributed by atoms with E-state index in [9.17, 15) is 14.0 Å². The molecule has 0 unspecified atom stereocenters. The Morgan fingerprint density at radius 1 is 1.24 bits per heavy atom. The predicted octanol–water partition coefficient (Wildman–Crippen LogP) is 3.38. The Morgan fingerprint density at radius 2 is 2.07 bits per heavy atom. The first-order chi connectivity index (χ1) is 14.1. The molecule has 2 amide bonds. The lowest BCUT2D eigenvalue weighted by Crippen LogP contribution is -2.40. The Labute approximate surface area is 169 Å². The molecule has 0 spiro atoms. The van der Waals surface area contributed by atoms with Crippen molar-refractivity contribution in [3.05, 3.63) is 53.1 Å². The van der Waals surface area contributed by atoms with Crippen LogP contribution in [0, 0.1) is 11.7 Å². The molecule has 29 heavy (non-hydrogen) atoms. The SMILES string of the molecule is O=C(CC[C@H]1CCCN(C(=O)c2cc(C3CC3)[nH]n2)C1)NCc1ccccc1F. The molecule has 2 fully saturated rings. The highest BCUT2D eigenvalue weighted by Gasteiger charge is 2.29. The largest absolute Gasteiger partial charge is 0.352 e. The Balaban J connectivity index is 1.23. The van der Waals surface area contributed by atoms with Crippen LogP contribution in [0.15, 0.2) is 30.3 Å². The van der Waals surface area contributed by atoms with Gasteiger partial charge in [0.2, 0.25) is 5.91 Å². The Bertz CT molecular complexity index is 877. The van der Waals surface area contributed by atoms with Crippen molar-refractivity contribution in [1.29, 1.82) is 0 Å². The number of halogens is 1. The van der Waals surface area contributed by atoms with Gasteiger partial charge in [0, 0.05) is 43.2 Å². The number of aromatic amines is 1. The predicted molar refractivity (Wildman–Crippen MR) is 107 cm³/mol. The number of nitrogens with zero attached hydrogens (tertiary/aromatic N) is 2. The zero-order valence-corrected chi connectivity index (χ0v) is 16.5. The third-order valence-electron chi connectivity index (χ3n) is 5.85. The average Bonchev–Trinajstić information content (AvgIpc) is 3.48. The van der Waals surface area contributed by atoms with Crippen molar-refractivity contribution in [3.63, 3.8) is 0 Å². The number of H-pyrrole nitrogens is 1. The molecule has 1 aliphatic heterocycles. The van der Waals surface area contributed by atoms with Crippen molar-refractivity contribution in [2.75, 3.05) is 13.1 Å². The summed E-state index contributed by atoms with van der Waals surface area (Å²) in [6.45, 7) is 1.59. The topological polar surface area (TPSA) is 78.1 Å². The highest BCUT2D eigenvalue weighted by molar-refractivity contribution is 5.92. The van der Waals surface area contributed by atoms with E-state index in [0.29, 0.717) is 36.1 Å². The molecular weight excluding hydrogens is 371 g/mol. The van der Waals surface area contributed by atoms with Gasteiger partial charge in [-0.2, -0.15) is 5.10 Å². The fourth-order valence-corrected chi connectivity index (χ4v) is 3.96. The first-order valence-corrected chi connectivity index (χ1v) is 10.4. The van der Waals surface area contributed by atoms with Crippen molar-refractivity contribution >= 4 is 11.8 Å². The molecule has 1 saturated carbocycles. The summed E-state index contributed by atoms with van der Waals surface area (Å²) in [5.74, 6) is 0.423. The maximum absolute atomic E-state index is 13.6.